The van der Waals surface area contributed by atoms with Gasteiger partial charge in [0.25, 0.3) is 0 Å². The van der Waals surface area contributed by atoms with E-state index in [1.165, 1.54) is 0 Å². The van der Waals surface area contributed by atoms with Crippen LogP contribution in [0.3, 0.4) is 0 Å². The molecule has 0 saturated carbocycles. The highest BCUT2D eigenvalue weighted by Gasteiger charge is 2.86. The molecule has 0 radical (unpaired) electrons. The molecular formula is C10H8F14O. The first-order valence-corrected chi connectivity index (χ1v) is 5.93. The summed E-state index contributed by atoms with van der Waals surface area (Å²) in [6, 6.07) is 0. The summed E-state index contributed by atoms with van der Waals surface area (Å²) in [4.78, 5) is 0. The molecule has 0 aliphatic heterocycles. The van der Waals surface area contributed by atoms with Gasteiger partial charge in [-0.1, -0.05) is 0 Å². The topological polar surface area (TPSA) is 20.2 Å². The Hall–Kier alpha value is -1.02. The monoisotopic (exact) mass is 410 g/mol. The summed E-state index contributed by atoms with van der Waals surface area (Å²) in [5.74, 6) is -35.1. The minimum absolute atomic E-state index is 1.32. The first-order valence-electron chi connectivity index (χ1n) is 5.93. The number of hydrogen-bond acceptors (Lipinski definition) is 1. The molecule has 0 amide bonds. The Morgan fingerprint density at radius 1 is 0.600 bits per heavy atom. The zero-order chi connectivity index (χ0) is 20.7. The highest BCUT2D eigenvalue weighted by Crippen LogP contribution is 2.60. The van der Waals surface area contributed by atoms with Crippen LogP contribution in [0.1, 0.15) is 12.8 Å². The van der Waals surface area contributed by atoms with Crippen LogP contribution >= 0.6 is 0 Å². The molecule has 1 N–H and O–H groups in total. The molecule has 0 aromatic heterocycles. The minimum atomic E-state index is -7.73. The van der Waals surface area contributed by atoms with Crippen molar-refractivity contribution in [2.24, 2.45) is 5.92 Å². The molecule has 0 rings (SSSR count). The van der Waals surface area contributed by atoms with Crippen molar-refractivity contribution < 1.29 is 66.6 Å². The fourth-order valence-corrected chi connectivity index (χ4v) is 1.68. The van der Waals surface area contributed by atoms with Crippen LogP contribution in [0.5, 0.6) is 0 Å². The maximum Gasteiger partial charge on any atom is 0.406 e. The van der Waals surface area contributed by atoms with Gasteiger partial charge in [0, 0.05) is 13.0 Å². The maximum atomic E-state index is 13.2. The number of aliphatic hydroxyl groups excluding tert-OH is 1. The average molecular weight is 410 g/mol. The third-order valence-corrected chi connectivity index (χ3v) is 2.94. The van der Waals surface area contributed by atoms with Gasteiger partial charge in [0.2, 0.25) is 5.92 Å². The zero-order valence-electron chi connectivity index (χ0n) is 11.4. The molecule has 1 nitrogen and oxygen atoms in total. The predicted molar refractivity (Wildman–Crippen MR) is 51.7 cm³/mol. The van der Waals surface area contributed by atoms with Gasteiger partial charge in [-0.3, -0.25) is 0 Å². The van der Waals surface area contributed by atoms with Crippen molar-refractivity contribution in [2.45, 2.75) is 48.9 Å². The summed E-state index contributed by atoms with van der Waals surface area (Å²) in [6.07, 6.45) is -18.2. The molecule has 0 aliphatic carbocycles. The molecule has 0 saturated heterocycles. The van der Waals surface area contributed by atoms with E-state index in [1.54, 1.807) is 0 Å². The fraction of sp³-hybridized carbons (Fsp3) is 1.00. The van der Waals surface area contributed by atoms with Crippen LogP contribution < -0.4 is 0 Å². The average Bonchev–Trinajstić information content (AvgIpc) is 2.31. The third-order valence-electron chi connectivity index (χ3n) is 2.94. The molecule has 0 bridgehead atoms. The molecule has 152 valence electrons. The van der Waals surface area contributed by atoms with Gasteiger partial charge in [0.15, 0.2) is 0 Å². The largest absolute Gasteiger partial charge is 0.406 e. The fourth-order valence-electron chi connectivity index (χ4n) is 1.68. The van der Waals surface area contributed by atoms with Crippen molar-refractivity contribution in [3.05, 3.63) is 0 Å². The first kappa shape index (κ1) is 24.0. The second-order valence-corrected chi connectivity index (χ2v) is 4.82. The SMILES string of the molecule is OCCCC(F)(F)C(F)(F)C(F)(F)C(F)(F)C(C(F)(F)F)C(F)(F)F. The van der Waals surface area contributed by atoms with Crippen LogP contribution in [0, 0.1) is 5.92 Å². The van der Waals surface area contributed by atoms with Crippen molar-refractivity contribution in [3.8, 4) is 0 Å². The Morgan fingerprint density at radius 3 is 1.24 bits per heavy atom. The molecule has 0 heterocycles. The lowest BCUT2D eigenvalue weighted by Gasteiger charge is -2.40. The van der Waals surface area contributed by atoms with Crippen molar-refractivity contribution >= 4 is 0 Å². The highest BCUT2D eigenvalue weighted by molar-refractivity contribution is 5.08. The Morgan fingerprint density at radius 2 is 0.960 bits per heavy atom. The van der Waals surface area contributed by atoms with Crippen LogP contribution in [0.25, 0.3) is 0 Å². The Balaban J connectivity index is 6.26. The van der Waals surface area contributed by atoms with Crippen LogP contribution in [-0.2, 0) is 0 Å². The van der Waals surface area contributed by atoms with Crippen LogP contribution in [0.15, 0.2) is 0 Å². The molecule has 0 spiro atoms. The van der Waals surface area contributed by atoms with Crippen LogP contribution in [-0.4, -0.2) is 47.8 Å². The van der Waals surface area contributed by atoms with E-state index >= 15 is 0 Å². The maximum absolute atomic E-state index is 13.2. The van der Waals surface area contributed by atoms with E-state index in [0.29, 0.717) is 0 Å². The summed E-state index contributed by atoms with van der Waals surface area (Å²) in [5.41, 5.74) is 0. The van der Waals surface area contributed by atoms with Crippen molar-refractivity contribution in [3.63, 3.8) is 0 Å². The van der Waals surface area contributed by atoms with E-state index in [1.807, 2.05) is 0 Å². The van der Waals surface area contributed by atoms with Gasteiger partial charge in [-0.2, -0.15) is 61.5 Å². The smallest absolute Gasteiger partial charge is 0.396 e. The van der Waals surface area contributed by atoms with Crippen LogP contribution in [0.4, 0.5) is 61.5 Å². The van der Waals surface area contributed by atoms with Crippen molar-refractivity contribution in [2.75, 3.05) is 6.61 Å². The van der Waals surface area contributed by atoms with Gasteiger partial charge in [0.1, 0.15) is 0 Å². The molecule has 0 fully saturated rings. The second kappa shape index (κ2) is 6.61. The standard InChI is InChI=1S/C10H8F14O/c11-5(12,2-1-3-25)9(21,22)10(23,24)6(13,14)4(7(15,16)17)8(18,19)20/h4,25H,1-3H2. The lowest BCUT2D eigenvalue weighted by atomic mass is 9.87. The number of aliphatic hydroxyl groups is 1. The van der Waals surface area contributed by atoms with Gasteiger partial charge >= 0.3 is 36.0 Å². The Bertz CT molecular complexity index is 434. The molecule has 0 atom stereocenters. The first-order chi connectivity index (χ1) is 10.7. The van der Waals surface area contributed by atoms with Gasteiger partial charge in [-0.15, -0.1) is 0 Å². The molecule has 15 heteroatoms. The van der Waals surface area contributed by atoms with E-state index in [9.17, 15) is 61.5 Å². The number of alkyl halides is 14. The molecule has 0 aromatic rings. The Kier molecular flexibility index (Phi) is 6.34. The molecular weight excluding hydrogens is 402 g/mol. The van der Waals surface area contributed by atoms with Crippen molar-refractivity contribution in [1.29, 1.82) is 0 Å². The minimum Gasteiger partial charge on any atom is -0.396 e. The lowest BCUT2D eigenvalue weighted by Crippen LogP contribution is -2.67. The van der Waals surface area contributed by atoms with Gasteiger partial charge < -0.3 is 5.11 Å². The van der Waals surface area contributed by atoms with Crippen LogP contribution in [0.2, 0.25) is 0 Å². The second-order valence-electron chi connectivity index (χ2n) is 4.82. The zero-order valence-corrected chi connectivity index (χ0v) is 11.4. The van der Waals surface area contributed by atoms with E-state index in [4.69, 9.17) is 5.11 Å². The van der Waals surface area contributed by atoms with E-state index < -0.39 is 61.4 Å². The molecule has 25 heavy (non-hydrogen) atoms. The van der Waals surface area contributed by atoms with E-state index in [2.05, 4.69) is 0 Å². The summed E-state index contributed by atoms with van der Waals surface area (Å²) in [5, 5.41) is 8.15. The third kappa shape index (κ3) is 4.22. The van der Waals surface area contributed by atoms with E-state index in [0.717, 1.165) is 0 Å². The number of halogens is 14. The molecule has 0 aliphatic rings. The summed E-state index contributed by atoms with van der Waals surface area (Å²) < 4.78 is 178. The van der Waals surface area contributed by atoms with Crippen molar-refractivity contribution in [1.82, 2.24) is 0 Å². The summed E-state index contributed by atoms with van der Waals surface area (Å²) in [6.45, 7) is -1.32. The number of rotatable bonds is 7. The lowest BCUT2D eigenvalue weighted by molar-refractivity contribution is -0.423. The quantitative estimate of drug-likeness (QED) is 0.584. The summed E-state index contributed by atoms with van der Waals surface area (Å²) in [7, 11) is 0. The predicted octanol–water partition coefficient (Wildman–Crippen LogP) is 5.04. The van der Waals surface area contributed by atoms with E-state index in [-0.39, 0.29) is 0 Å². The van der Waals surface area contributed by atoms with Gasteiger partial charge in [-0.25, -0.2) is 0 Å². The Labute approximate surface area is 129 Å². The summed E-state index contributed by atoms with van der Waals surface area (Å²) >= 11 is 0. The molecule has 0 unspecified atom stereocenters. The van der Waals surface area contributed by atoms with Gasteiger partial charge in [-0.05, 0) is 6.42 Å². The van der Waals surface area contributed by atoms with Gasteiger partial charge in [0.05, 0.1) is 0 Å². The normalized spacial score (nSPS) is 15.8. The molecule has 0 aromatic carbocycles. The highest BCUT2D eigenvalue weighted by atomic mass is 19.4. The number of hydrogen-bond donors (Lipinski definition) is 1.